The maximum atomic E-state index is 11.6. The highest BCUT2D eigenvalue weighted by Crippen LogP contribution is 2.38. The number of nitrogens with zero attached hydrogens (tertiary/aromatic N) is 3. The van der Waals surface area contributed by atoms with Crippen molar-refractivity contribution < 1.29 is 9.72 Å². The molecule has 0 fully saturated rings. The maximum Gasteiger partial charge on any atom is 0.270 e. The molecule has 0 unspecified atom stereocenters. The number of carbonyl (C=O) groups excluding carboxylic acids is 1. The predicted molar refractivity (Wildman–Crippen MR) is 96.2 cm³/mol. The monoisotopic (exact) mass is 404 g/mol. The fourth-order valence-electron chi connectivity index (χ4n) is 1.52. The van der Waals surface area contributed by atoms with E-state index in [-0.39, 0.29) is 22.4 Å². The van der Waals surface area contributed by atoms with E-state index in [1.807, 2.05) is 6.92 Å². The number of amides is 1. The lowest BCUT2D eigenvalue weighted by atomic mass is 10.3. The van der Waals surface area contributed by atoms with Crippen molar-refractivity contribution in [2.24, 2.45) is 0 Å². The molecule has 0 saturated carbocycles. The van der Waals surface area contributed by atoms with E-state index >= 15 is 0 Å². The Bertz CT molecular complexity index is 741. The Morgan fingerprint density at radius 3 is 2.83 bits per heavy atom. The number of hydrogen-bond donors (Lipinski definition) is 1. The first-order valence-electron chi connectivity index (χ1n) is 6.84. The van der Waals surface area contributed by atoms with Gasteiger partial charge in [0.05, 0.1) is 15.7 Å². The van der Waals surface area contributed by atoms with Crippen LogP contribution in [0.15, 0.2) is 31.8 Å². The molecular formula is C13H13ClN4O3S3. The normalized spacial score (nSPS) is 10.6. The van der Waals surface area contributed by atoms with Crippen LogP contribution >= 0.6 is 46.5 Å². The minimum Gasteiger partial charge on any atom is -0.355 e. The first kappa shape index (κ1) is 19.0. The van der Waals surface area contributed by atoms with Gasteiger partial charge in [0.1, 0.15) is 0 Å². The standard InChI is InChI=1S/C13H13ClN4O3S3/c1-2-5-15-11(19)7-22-12-16-17-13(24-12)23-10-4-3-8(18(20)21)6-9(10)14/h3-4,6H,2,5,7H2,1H3,(H,15,19). The zero-order chi connectivity index (χ0) is 17.5. The quantitative estimate of drug-likeness (QED) is 0.405. The number of nitro groups is 1. The van der Waals surface area contributed by atoms with Crippen LogP contribution in [0.25, 0.3) is 0 Å². The summed E-state index contributed by atoms with van der Waals surface area (Å²) in [5, 5.41) is 21.8. The number of rotatable bonds is 8. The van der Waals surface area contributed by atoms with Crippen molar-refractivity contribution in [1.82, 2.24) is 15.5 Å². The van der Waals surface area contributed by atoms with E-state index in [0.717, 1.165) is 6.42 Å². The van der Waals surface area contributed by atoms with Crippen LogP contribution in [0, 0.1) is 10.1 Å². The summed E-state index contributed by atoms with van der Waals surface area (Å²) in [5.74, 6) is 0.252. The average molecular weight is 405 g/mol. The zero-order valence-electron chi connectivity index (χ0n) is 12.5. The summed E-state index contributed by atoms with van der Waals surface area (Å²) in [6.07, 6.45) is 0.895. The lowest BCUT2D eigenvalue weighted by molar-refractivity contribution is -0.384. The van der Waals surface area contributed by atoms with E-state index in [1.54, 1.807) is 6.07 Å². The highest BCUT2D eigenvalue weighted by atomic mass is 35.5. The molecule has 128 valence electrons. The van der Waals surface area contributed by atoms with E-state index in [4.69, 9.17) is 11.6 Å². The van der Waals surface area contributed by atoms with Crippen LogP contribution in [0.3, 0.4) is 0 Å². The maximum absolute atomic E-state index is 11.6. The van der Waals surface area contributed by atoms with Gasteiger partial charge in [0, 0.05) is 23.6 Å². The highest BCUT2D eigenvalue weighted by Gasteiger charge is 2.13. The van der Waals surface area contributed by atoms with Gasteiger partial charge in [-0.1, -0.05) is 53.4 Å². The van der Waals surface area contributed by atoms with E-state index in [0.29, 0.717) is 20.1 Å². The molecule has 1 aromatic heterocycles. The Labute approximate surface area is 155 Å². The molecule has 0 radical (unpaired) electrons. The molecule has 0 aliphatic carbocycles. The molecule has 1 amide bonds. The van der Waals surface area contributed by atoms with Gasteiger partial charge < -0.3 is 5.32 Å². The molecule has 1 aromatic carbocycles. The summed E-state index contributed by atoms with van der Waals surface area (Å²) in [5.41, 5.74) is -0.0593. The van der Waals surface area contributed by atoms with Gasteiger partial charge in [-0.05, 0) is 12.5 Å². The SMILES string of the molecule is CCCNC(=O)CSc1nnc(Sc2ccc([N+](=O)[O-])cc2Cl)s1. The van der Waals surface area contributed by atoms with Crippen LogP contribution in [0.1, 0.15) is 13.3 Å². The second-order valence-electron chi connectivity index (χ2n) is 4.45. The van der Waals surface area contributed by atoms with Crippen molar-refractivity contribution in [3.63, 3.8) is 0 Å². The summed E-state index contributed by atoms with van der Waals surface area (Å²) in [7, 11) is 0. The summed E-state index contributed by atoms with van der Waals surface area (Å²) in [4.78, 5) is 22.4. The van der Waals surface area contributed by atoms with Gasteiger partial charge >= 0.3 is 0 Å². The molecule has 2 rings (SSSR count). The summed E-state index contributed by atoms with van der Waals surface area (Å²) in [6, 6.07) is 4.28. The summed E-state index contributed by atoms with van der Waals surface area (Å²) < 4.78 is 1.34. The van der Waals surface area contributed by atoms with Crippen LogP contribution in [-0.4, -0.2) is 33.3 Å². The summed E-state index contributed by atoms with van der Waals surface area (Å²) in [6.45, 7) is 2.65. The number of thioether (sulfide) groups is 1. The third-order valence-corrected chi connectivity index (χ3v) is 6.22. The minimum absolute atomic E-state index is 0.0373. The topological polar surface area (TPSA) is 98.0 Å². The van der Waals surface area contributed by atoms with E-state index in [1.165, 1.54) is 47.0 Å². The molecule has 2 aromatic rings. The number of nitrogens with one attached hydrogen (secondary N) is 1. The largest absolute Gasteiger partial charge is 0.355 e. The second kappa shape index (κ2) is 9.21. The Kier molecular flexibility index (Phi) is 7.28. The third kappa shape index (κ3) is 5.62. The van der Waals surface area contributed by atoms with Crippen LogP contribution < -0.4 is 5.32 Å². The van der Waals surface area contributed by atoms with Crippen LogP contribution in [0.2, 0.25) is 5.02 Å². The van der Waals surface area contributed by atoms with E-state index < -0.39 is 4.92 Å². The van der Waals surface area contributed by atoms with Gasteiger partial charge in [0.2, 0.25) is 5.91 Å². The van der Waals surface area contributed by atoms with Crippen molar-refractivity contribution >= 4 is 58.1 Å². The fourth-order valence-corrected chi connectivity index (χ4v) is 4.62. The molecular weight excluding hydrogens is 392 g/mol. The average Bonchev–Trinajstić information content (AvgIpc) is 3.00. The molecule has 0 aliphatic heterocycles. The Balaban J connectivity index is 1.94. The Morgan fingerprint density at radius 2 is 2.17 bits per heavy atom. The molecule has 0 spiro atoms. The van der Waals surface area contributed by atoms with E-state index in [2.05, 4.69) is 15.5 Å². The molecule has 0 bridgehead atoms. The predicted octanol–water partition coefficient (Wildman–Crippen LogP) is 3.87. The van der Waals surface area contributed by atoms with Gasteiger partial charge in [-0.25, -0.2) is 0 Å². The van der Waals surface area contributed by atoms with Crippen molar-refractivity contribution in [2.45, 2.75) is 26.9 Å². The van der Waals surface area contributed by atoms with Gasteiger partial charge in [-0.15, -0.1) is 10.2 Å². The van der Waals surface area contributed by atoms with Crippen LogP contribution in [-0.2, 0) is 4.79 Å². The first-order chi connectivity index (χ1) is 11.5. The highest BCUT2D eigenvalue weighted by molar-refractivity contribution is 8.03. The molecule has 11 heteroatoms. The second-order valence-corrected chi connectivity index (χ2v) is 8.34. The molecule has 7 nitrogen and oxygen atoms in total. The molecule has 0 atom stereocenters. The van der Waals surface area contributed by atoms with Gasteiger partial charge in [-0.2, -0.15) is 0 Å². The Morgan fingerprint density at radius 1 is 1.42 bits per heavy atom. The van der Waals surface area contributed by atoms with Crippen LogP contribution in [0.4, 0.5) is 5.69 Å². The zero-order valence-corrected chi connectivity index (χ0v) is 15.7. The number of hydrogen-bond acceptors (Lipinski definition) is 8. The summed E-state index contributed by atoms with van der Waals surface area (Å²) >= 11 is 10.00. The molecule has 1 heterocycles. The van der Waals surface area contributed by atoms with Gasteiger partial charge in [-0.3, -0.25) is 14.9 Å². The smallest absolute Gasteiger partial charge is 0.270 e. The van der Waals surface area contributed by atoms with Gasteiger partial charge in [0.15, 0.2) is 8.68 Å². The number of nitro benzene ring substituents is 1. The minimum atomic E-state index is -0.496. The number of carbonyl (C=O) groups is 1. The van der Waals surface area contributed by atoms with E-state index in [9.17, 15) is 14.9 Å². The van der Waals surface area contributed by atoms with Crippen LogP contribution in [0.5, 0.6) is 0 Å². The lowest BCUT2D eigenvalue weighted by Gasteiger charge is -2.01. The van der Waals surface area contributed by atoms with Crippen molar-refractivity contribution in [3.8, 4) is 0 Å². The van der Waals surface area contributed by atoms with Crippen molar-refractivity contribution in [1.29, 1.82) is 0 Å². The molecule has 0 saturated heterocycles. The number of aromatic nitrogens is 2. The lowest BCUT2D eigenvalue weighted by Crippen LogP contribution is -2.25. The number of non-ortho nitro benzene ring substituents is 1. The number of benzene rings is 1. The number of halogens is 1. The van der Waals surface area contributed by atoms with Gasteiger partial charge in [0.25, 0.3) is 5.69 Å². The Hall–Kier alpha value is -1.36. The first-order valence-corrected chi connectivity index (χ1v) is 9.84. The molecule has 24 heavy (non-hydrogen) atoms. The molecule has 0 aliphatic rings. The van der Waals surface area contributed by atoms with Crippen molar-refractivity contribution in [3.05, 3.63) is 33.3 Å². The third-order valence-electron chi connectivity index (χ3n) is 2.61. The van der Waals surface area contributed by atoms with Crippen molar-refractivity contribution in [2.75, 3.05) is 12.3 Å². The molecule has 1 N–H and O–H groups in total. The fraction of sp³-hybridized carbons (Fsp3) is 0.308.